The van der Waals surface area contributed by atoms with Crippen molar-refractivity contribution in [2.24, 2.45) is 4.40 Å². The number of fused-ring (bicyclic) bond motifs is 2. The summed E-state index contributed by atoms with van der Waals surface area (Å²) in [6.45, 7) is 0.0840. The number of aromatic nitrogens is 3. The highest BCUT2D eigenvalue weighted by molar-refractivity contribution is 7.90. The zero-order chi connectivity index (χ0) is 21.8. The predicted molar refractivity (Wildman–Crippen MR) is 118 cm³/mol. The number of aromatic hydroxyl groups is 1. The molecule has 3 aromatic heterocycles. The van der Waals surface area contributed by atoms with Gasteiger partial charge in [-0.3, -0.25) is 9.36 Å². The van der Waals surface area contributed by atoms with Gasteiger partial charge in [0.1, 0.15) is 21.9 Å². The van der Waals surface area contributed by atoms with Crippen LogP contribution in [-0.2, 0) is 16.6 Å². The molecule has 0 bridgehead atoms. The van der Waals surface area contributed by atoms with Gasteiger partial charge in [-0.25, -0.2) is 9.97 Å². The normalized spacial score (nSPS) is 14.7. The lowest BCUT2D eigenvalue weighted by atomic mass is 10.1. The van der Waals surface area contributed by atoms with Crippen LogP contribution in [0.5, 0.6) is 5.75 Å². The van der Waals surface area contributed by atoms with Gasteiger partial charge in [0, 0.05) is 17.3 Å². The molecule has 0 fully saturated rings. The Kier molecular flexibility index (Phi) is 4.54. The number of halogens is 1. The van der Waals surface area contributed by atoms with Gasteiger partial charge in [0.05, 0.1) is 17.6 Å². The Morgan fingerprint density at radius 2 is 1.97 bits per heavy atom. The molecule has 4 aromatic rings. The fraction of sp³-hybridized carbons (Fsp3) is 0.0526. The molecule has 1 aromatic carbocycles. The molecule has 0 amide bonds. The second-order valence-electron chi connectivity index (χ2n) is 6.61. The molecule has 2 N–H and O–H groups in total. The number of para-hydroxylation sites is 1. The van der Waals surface area contributed by atoms with Gasteiger partial charge < -0.3 is 10.4 Å². The summed E-state index contributed by atoms with van der Waals surface area (Å²) in [5.74, 6) is -0.671. The molecule has 1 aliphatic heterocycles. The van der Waals surface area contributed by atoms with Crippen molar-refractivity contribution in [1.29, 1.82) is 0 Å². The number of pyridine rings is 2. The average molecular weight is 474 g/mol. The molecule has 9 nitrogen and oxygen atoms in total. The molecule has 1 aliphatic rings. The van der Waals surface area contributed by atoms with Gasteiger partial charge >= 0.3 is 0 Å². The molecule has 0 saturated carbocycles. The smallest absolute Gasteiger partial charge is 0.286 e. The van der Waals surface area contributed by atoms with Crippen molar-refractivity contribution in [2.75, 3.05) is 5.32 Å². The standard InChI is InChI=1S/C19H12ClN5O4S2/c20-19-22-8-10(30-19)9-25-17-11(4-3-7-21-17)15(26)14(18(25)27)16-23-12-5-1-2-6-13(12)31(28,29)24-16/h1-8,26H,9H2,(H,23,24). The number of thiazole rings is 1. The first-order chi connectivity index (χ1) is 14.8. The summed E-state index contributed by atoms with van der Waals surface area (Å²) < 4.78 is 30.7. The molecule has 156 valence electrons. The van der Waals surface area contributed by atoms with Crippen LogP contribution >= 0.6 is 22.9 Å². The fourth-order valence-corrected chi connectivity index (χ4v) is 5.45. The Morgan fingerprint density at radius 1 is 1.16 bits per heavy atom. The van der Waals surface area contributed by atoms with Crippen LogP contribution in [0.1, 0.15) is 10.4 Å². The zero-order valence-corrected chi connectivity index (χ0v) is 17.9. The van der Waals surface area contributed by atoms with Crippen LogP contribution in [0.15, 0.2) is 62.9 Å². The number of benzene rings is 1. The van der Waals surface area contributed by atoms with Gasteiger partial charge in [-0.2, -0.15) is 8.42 Å². The number of hydrogen-bond acceptors (Lipinski definition) is 8. The van der Waals surface area contributed by atoms with Crippen LogP contribution in [0.25, 0.3) is 11.0 Å². The summed E-state index contributed by atoms with van der Waals surface area (Å²) in [4.78, 5) is 22.3. The van der Waals surface area contributed by atoms with Crippen LogP contribution in [0.4, 0.5) is 5.69 Å². The van der Waals surface area contributed by atoms with E-state index in [9.17, 15) is 18.3 Å². The van der Waals surface area contributed by atoms with Crippen molar-refractivity contribution in [3.63, 3.8) is 0 Å². The van der Waals surface area contributed by atoms with Crippen LogP contribution in [0, 0.1) is 0 Å². The quantitative estimate of drug-likeness (QED) is 0.468. The number of nitrogens with one attached hydrogen (secondary N) is 1. The lowest BCUT2D eigenvalue weighted by Crippen LogP contribution is -2.33. The summed E-state index contributed by atoms with van der Waals surface area (Å²) in [6.07, 6.45) is 3.03. The predicted octanol–water partition coefficient (Wildman–Crippen LogP) is 2.82. The van der Waals surface area contributed by atoms with E-state index in [1.165, 1.54) is 34.4 Å². The summed E-state index contributed by atoms with van der Waals surface area (Å²) >= 11 is 7.11. The largest absolute Gasteiger partial charge is 0.506 e. The van der Waals surface area contributed by atoms with E-state index in [0.29, 0.717) is 9.34 Å². The fourth-order valence-electron chi connectivity index (χ4n) is 3.36. The topological polar surface area (TPSA) is 127 Å². The average Bonchev–Trinajstić information content (AvgIpc) is 3.16. The Balaban J connectivity index is 1.77. The minimum atomic E-state index is -4.07. The van der Waals surface area contributed by atoms with Gasteiger partial charge in [0.2, 0.25) is 0 Å². The van der Waals surface area contributed by atoms with Gasteiger partial charge in [-0.1, -0.05) is 23.7 Å². The lowest BCUT2D eigenvalue weighted by Gasteiger charge is -2.20. The van der Waals surface area contributed by atoms with Crippen LogP contribution in [-0.4, -0.2) is 33.9 Å². The number of rotatable bonds is 3. The number of anilines is 1. The molecule has 31 heavy (non-hydrogen) atoms. The molecule has 0 atom stereocenters. The molecule has 0 aliphatic carbocycles. The first-order valence-corrected chi connectivity index (χ1v) is 11.5. The van der Waals surface area contributed by atoms with Crippen LogP contribution in [0.2, 0.25) is 4.47 Å². The van der Waals surface area contributed by atoms with Crippen molar-refractivity contribution in [3.05, 3.63) is 74.1 Å². The summed E-state index contributed by atoms with van der Waals surface area (Å²) in [5.41, 5.74) is -0.431. The molecule has 12 heteroatoms. The molecular formula is C19H12ClN5O4S2. The van der Waals surface area contributed by atoms with E-state index in [1.54, 1.807) is 30.3 Å². The van der Waals surface area contributed by atoms with Gasteiger partial charge in [-0.05, 0) is 24.3 Å². The van der Waals surface area contributed by atoms with Crippen molar-refractivity contribution in [2.45, 2.75) is 11.4 Å². The first-order valence-electron chi connectivity index (χ1n) is 8.87. The third-order valence-electron chi connectivity index (χ3n) is 4.70. The van der Waals surface area contributed by atoms with Crippen molar-refractivity contribution < 1.29 is 13.5 Å². The molecule has 4 heterocycles. The number of nitrogens with zero attached hydrogens (tertiary/aromatic N) is 4. The summed E-state index contributed by atoms with van der Waals surface area (Å²) in [7, 11) is -4.07. The Hall–Kier alpha value is -3.28. The van der Waals surface area contributed by atoms with Crippen LogP contribution < -0.4 is 10.9 Å². The highest BCUT2D eigenvalue weighted by Crippen LogP contribution is 2.32. The molecule has 0 saturated heterocycles. The van der Waals surface area contributed by atoms with Crippen LogP contribution in [0.3, 0.4) is 0 Å². The number of sulfonamides is 1. The third-order valence-corrected chi connectivity index (χ3v) is 7.13. The first kappa shape index (κ1) is 19.7. The zero-order valence-electron chi connectivity index (χ0n) is 15.5. The van der Waals surface area contributed by atoms with Gasteiger partial charge in [0.25, 0.3) is 15.6 Å². The minimum Gasteiger partial charge on any atom is -0.506 e. The maximum Gasteiger partial charge on any atom is 0.286 e. The maximum atomic E-state index is 13.4. The highest BCUT2D eigenvalue weighted by atomic mass is 35.5. The molecule has 0 unspecified atom stereocenters. The van der Waals surface area contributed by atoms with Crippen molar-refractivity contribution in [1.82, 2.24) is 14.5 Å². The Labute approximate surface area is 184 Å². The Morgan fingerprint density at radius 3 is 2.74 bits per heavy atom. The maximum absolute atomic E-state index is 13.4. The van der Waals surface area contributed by atoms with E-state index >= 15 is 0 Å². The summed E-state index contributed by atoms with van der Waals surface area (Å²) in [6, 6.07) is 9.38. The summed E-state index contributed by atoms with van der Waals surface area (Å²) in [5, 5.41) is 14.0. The lowest BCUT2D eigenvalue weighted by molar-refractivity contribution is 0.477. The van der Waals surface area contributed by atoms with E-state index in [4.69, 9.17) is 11.6 Å². The molecular weight excluding hydrogens is 462 g/mol. The van der Waals surface area contributed by atoms with Crippen molar-refractivity contribution in [3.8, 4) is 5.75 Å². The molecule has 0 spiro atoms. The van der Waals surface area contributed by atoms with E-state index in [1.807, 2.05) is 0 Å². The van der Waals surface area contributed by atoms with E-state index in [-0.39, 0.29) is 39.6 Å². The molecule has 0 radical (unpaired) electrons. The second-order valence-corrected chi connectivity index (χ2v) is 9.87. The number of hydrogen-bond donors (Lipinski definition) is 2. The van der Waals surface area contributed by atoms with E-state index < -0.39 is 21.3 Å². The Bertz CT molecular complexity index is 1560. The third kappa shape index (κ3) is 3.26. The SMILES string of the molecule is O=c1c(C2=NS(=O)(=O)c3ccccc3N2)c(O)c2cccnc2n1Cc1cnc(Cl)s1. The number of amidine groups is 1. The second kappa shape index (κ2) is 7.15. The minimum absolute atomic E-state index is 0.0136. The monoisotopic (exact) mass is 473 g/mol. The highest BCUT2D eigenvalue weighted by Gasteiger charge is 2.30. The van der Waals surface area contributed by atoms with E-state index in [2.05, 4.69) is 19.7 Å². The van der Waals surface area contributed by atoms with Gasteiger partial charge in [0.15, 0.2) is 10.3 Å². The van der Waals surface area contributed by atoms with Crippen molar-refractivity contribution >= 4 is 55.5 Å². The molecule has 5 rings (SSSR count). The van der Waals surface area contributed by atoms with Gasteiger partial charge in [-0.15, -0.1) is 15.7 Å². The van der Waals surface area contributed by atoms with E-state index in [0.717, 1.165) is 0 Å².